The van der Waals surface area contributed by atoms with Crippen LogP contribution < -0.4 is 10.1 Å². The molecule has 16 heavy (non-hydrogen) atoms. The lowest BCUT2D eigenvalue weighted by Crippen LogP contribution is -2.13. The molecular weight excluding hydrogens is 202 g/mol. The lowest BCUT2D eigenvalue weighted by atomic mass is 9.98. The van der Waals surface area contributed by atoms with Gasteiger partial charge < -0.3 is 10.1 Å². The summed E-state index contributed by atoms with van der Waals surface area (Å²) in [7, 11) is 0. The summed E-state index contributed by atoms with van der Waals surface area (Å²) in [6.45, 7) is 4.77. The molecule has 1 aromatic carbocycles. The van der Waals surface area contributed by atoms with Crippen LogP contribution in [-0.2, 0) is 4.79 Å². The number of hydrogen-bond acceptors (Lipinski definition) is 2. The van der Waals surface area contributed by atoms with Crippen molar-refractivity contribution in [3.8, 4) is 5.75 Å². The fourth-order valence-corrected chi connectivity index (χ4v) is 1.93. The number of carbonyl (C=O) groups is 1. The van der Waals surface area contributed by atoms with Gasteiger partial charge in [-0.05, 0) is 31.5 Å². The first kappa shape index (κ1) is 11.0. The van der Waals surface area contributed by atoms with Crippen LogP contribution in [0.3, 0.4) is 0 Å². The largest absolute Gasteiger partial charge is 0.491 e. The Hall–Kier alpha value is -1.51. The Morgan fingerprint density at radius 3 is 2.50 bits per heavy atom. The van der Waals surface area contributed by atoms with Gasteiger partial charge in [0.1, 0.15) is 5.75 Å². The summed E-state index contributed by atoms with van der Waals surface area (Å²) in [5.41, 5.74) is 1.20. The average molecular weight is 219 g/mol. The summed E-state index contributed by atoms with van der Waals surface area (Å²) in [6, 6.07) is 8.03. The maximum Gasteiger partial charge on any atom is 0.220 e. The lowest BCUT2D eigenvalue weighted by Gasteiger charge is -2.12. The molecule has 1 aromatic rings. The lowest BCUT2D eigenvalue weighted by molar-refractivity contribution is -0.119. The summed E-state index contributed by atoms with van der Waals surface area (Å²) in [5.74, 6) is 1.35. The highest BCUT2D eigenvalue weighted by atomic mass is 16.5. The van der Waals surface area contributed by atoms with Gasteiger partial charge in [-0.1, -0.05) is 12.1 Å². The van der Waals surface area contributed by atoms with E-state index in [1.807, 2.05) is 38.1 Å². The molecule has 1 atom stereocenters. The maximum absolute atomic E-state index is 11.1. The van der Waals surface area contributed by atoms with Crippen molar-refractivity contribution in [2.45, 2.75) is 32.3 Å². The van der Waals surface area contributed by atoms with E-state index in [0.717, 1.165) is 12.3 Å². The predicted octanol–water partition coefficient (Wildman–Crippen LogP) is 2.08. The second kappa shape index (κ2) is 4.56. The number of benzene rings is 1. The van der Waals surface area contributed by atoms with E-state index in [4.69, 9.17) is 4.74 Å². The second-order valence-electron chi connectivity index (χ2n) is 4.44. The third-order valence-corrected chi connectivity index (χ3v) is 2.70. The molecule has 3 nitrogen and oxygen atoms in total. The van der Waals surface area contributed by atoms with Crippen LogP contribution in [0.1, 0.15) is 31.7 Å². The van der Waals surface area contributed by atoms with Crippen molar-refractivity contribution in [3.05, 3.63) is 29.8 Å². The zero-order chi connectivity index (χ0) is 11.5. The van der Waals surface area contributed by atoms with E-state index in [0.29, 0.717) is 12.3 Å². The van der Waals surface area contributed by atoms with E-state index >= 15 is 0 Å². The molecule has 0 bridgehead atoms. The van der Waals surface area contributed by atoms with Crippen LogP contribution in [0.4, 0.5) is 0 Å². The quantitative estimate of drug-likeness (QED) is 0.845. The highest BCUT2D eigenvalue weighted by Crippen LogP contribution is 2.25. The minimum atomic E-state index is 0.146. The molecule has 1 heterocycles. The number of ether oxygens (including phenoxy) is 1. The van der Waals surface area contributed by atoms with E-state index < -0.39 is 0 Å². The first-order valence-electron chi connectivity index (χ1n) is 5.68. The fourth-order valence-electron chi connectivity index (χ4n) is 1.93. The third kappa shape index (κ3) is 2.54. The van der Waals surface area contributed by atoms with Crippen LogP contribution in [0.5, 0.6) is 5.75 Å². The zero-order valence-corrected chi connectivity index (χ0v) is 9.69. The SMILES string of the molecule is CC(C)Oc1ccc([C@H]2CNC(=O)C2)cc1. The molecular formula is C13H17NO2. The smallest absolute Gasteiger partial charge is 0.220 e. The zero-order valence-electron chi connectivity index (χ0n) is 9.69. The molecule has 86 valence electrons. The molecule has 1 aliphatic rings. The van der Waals surface area contributed by atoms with Gasteiger partial charge in [-0.3, -0.25) is 4.79 Å². The molecule has 0 saturated carbocycles. The first-order chi connectivity index (χ1) is 7.65. The van der Waals surface area contributed by atoms with Gasteiger partial charge in [-0.15, -0.1) is 0 Å². The van der Waals surface area contributed by atoms with Gasteiger partial charge in [-0.2, -0.15) is 0 Å². The second-order valence-corrected chi connectivity index (χ2v) is 4.44. The number of nitrogens with one attached hydrogen (secondary N) is 1. The number of rotatable bonds is 3. The van der Waals surface area contributed by atoms with Crippen molar-refractivity contribution >= 4 is 5.91 Å². The minimum Gasteiger partial charge on any atom is -0.491 e. The summed E-state index contributed by atoms with van der Waals surface area (Å²) >= 11 is 0. The van der Waals surface area contributed by atoms with Crippen LogP contribution >= 0.6 is 0 Å². The molecule has 1 fully saturated rings. The van der Waals surface area contributed by atoms with Crippen molar-refractivity contribution in [1.82, 2.24) is 5.32 Å². The molecule has 2 rings (SSSR count). The Morgan fingerprint density at radius 2 is 2.00 bits per heavy atom. The van der Waals surface area contributed by atoms with Gasteiger partial charge in [0.15, 0.2) is 0 Å². The molecule has 1 N–H and O–H groups in total. The topological polar surface area (TPSA) is 38.3 Å². The molecule has 3 heteroatoms. The van der Waals surface area contributed by atoms with Crippen LogP contribution in [0.25, 0.3) is 0 Å². The van der Waals surface area contributed by atoms with Crippen molar-refractivity contribution < 1.29 is 9.53 Å². The van der Waals surface area contributed by atoms with Crippen LogP contribution in [0, 0.1) is 0 Å². The number of carbonyl (C=O) groups excluding carboxylic acids is 1. The predicted molar refractivity (Wildman–Crippen MR) is 62.6 cm³/mol. The summed E-state index contributed by atoms with van der Waals surface area (Å²) in [5, 5.41) is 2.84. The minimum absolute atomic E-state index is 0.146. The summed E-state index contributed by atoms with van der Waals surface area (Å²) in [4.78, 5) is 11.1. The highest BCUT2D eigenvalue weighted by molar-refractivity contribution is 5.79. The Labute approximate surface area is 95.8 Å². The van der Waals surface area contributed by atoms with Gasteiger partial charge in [-0.25, -0.2) is 0 Å². The van der Waals surface area contributed by atoms with Crippen molar-refractivity contribution in [3.63, 3.8) is 0 Å². The Morgan fingerprint density at radius 1 is 1.31 bits per heavy atom. The molecule has 0 spiro atoms. The molecule has 1 amide bonds. The van der Waals surface area contributed by atoms with Crippen LogP contribution in [0.15, 0.2) is 24.3 Å². The van der Waals surface area contributed by atoms with E-state index in [-0.39, 0.29) is 12.0 Å². The Balaban J connectivity index is 2.04. The van der Waals surface area contributed by atoms with Gasteiger partial charge in [0.2, 0.25) is 5.91 Å². The Kier molecular flexibility index (Phi) is 3.13. The average Bonchev–Trinajstić information content (AvgIpc) is 2.65. The van der Waals surface area contributed by atoms with Gasteiger partial charge >= 0.3 is 0 Å². The van der Waals surface area contributed by atoms with Gasteiger partial charge in [0, 0.05) is 18.9 Å². The normalized spacial score (nSPS) is 19.9. The first-order valence-corrected chi connectivity index (χ1v) is 5.68. The third-order valence-electron chi connectivity index (χ3n) is 2.70. The summed E-state index contributed by atoms with van der Waals surface area (Å²) < 4.78 is 5.57. The van der Waals surface area contributed by atoms with Crippen molar-refractivity contribution in [2.24, 2.45) is 0 Å². The van der Waals surface area contributed by atoms with E-state index in [2.05, 4.69) is 5.32 Å². The van der Waals surface area contributed by atoms with Gasteiger partial charge in [0.05, 0.1) is 6.10 Å². The molecule has 0 aliphatic carbocycles. The number of hydrogen-bond donors (Lipinski definition) is 1. The van der Waals surface area contributed by atoms with Crippen LogP contribution in [-0.4, -0.2) is 18.6 Å². The maximum atomic E-state index is 11.1. The van der Waals surface area contributed by atoms with Crippen molar-refractivity contribution in [1.29, 1.82) is 0 Å². The molecule has 1 aliphatic heterocycles. The standard InChI is InChI=1S/C13H17NO2/c1-9(2)16-12-5-3-10(4-6-12)11-7-13(15)14-8-11/h3-6,9,11H,7-8H2,1-2H3,(H,14,15)/t11-/m1/s1. The molecule has 1 saturated heterocycles. The van der Waals surface area contributed by atoms with E-state index in [1.165, 1.54) is 5.56 Å². The van der Waals surface area contributed by atoms with Gasteiger partial charge in [0.25, 0.3) is 0 Å². The van der Waals surface area contributed by atoms with E-state index in [1.54, 1.807) is 0 Å². The molecule has 0 aromatic heterocycles. The number of amides is 1. The molecule has 0 unspecified atom stereocenters. The van der Waals surface area contributed by atoms with Crippen molar-refractivity contribution in [2.75, 3.05) is 6.54 Å². The fraction of sp³-hybridized carbons (Fsp3) is 0.462. The molecule has 0 radical (unpaired) electrons. The monoisotopic (exact) mass is 219 g/mol. The van der Waals surface area contributed by atoms with E-state index in [9.17, 15) is 4.79 Å². The Bertz CT molecular complexity index is 370. The van der Waals surface area contributed by atoms with Crippen LogP contribution in [0.2, 0.25) is 0 Å². The highest BCUT2D eigenvalue weighted by Gasteiger charge is 2.22. The summed E-state index contributed by atoms with van der Waals surface area (Å²) in [6.07, 6.45) is 0.797.